The fraction of sp³-hybridized carbons (Fsp3) is 0.353. The van der Waals surface area contributed by atoms with Crippen LogP contribution < -0.4 is 0 Å². The highest BCUT2D eigenvalue weighted by atomic mass is 79.9. The van der Waals surface area contributed by atoms with Crippen LogP contribution in [0, 0.1) is 6.92 Å². The number of hydrogen-bond acceptors (Lipinski definition) is 1. The third-order valence-electron chi connectivity index (χ3n) is 3.36. The number of rotatable bonds is 6. The summed E-state index contributed by atoms with van der Waals surface area (Å²) in [6.45, 7) is 2.13. The van der Waals surface area contributed by atoms with E-state index in [1.54, 1.807) is 0 Å². The molecule has 0 N–H and O–H groups in total. The van der Waals surface area contributed by atoms with E-state index in [0.29, 0.717) is 4.83 Å². The van der Waals surface area contributed by atoms with Gasteiger partial charge < -0.3 is 0 Å². The molecule has 2 rings (SSSR count). The van der Waals surface area contributed by atoms with Crippen molar-refractivity contribution in [2.24, 2.45) is 0 Å². The molecule has 1 aromatic carbocycles. The Bertz CT molecular complexity index is 496. The van der Waals surface area contributed by atoms with Crippen molar-refractivity contribution in [2.45, 2.75) is 37.4 Å². The highest BCUT2D eigenvalue weighted by Gasteiger charge is 2.08. The van der Waals surface area contributed by atoms with Gasteiger partial charge in [0.25, 0.3) is 0 Å². The van der Waals surface area contributed by atoms with E-state index < -0.39 is 0 Å². The molecule has 1 unspecified atom stereocenters. The van der Waals surface area contributed by atoms with Crippen LogP contribution in [0.15, 0.2) is 48.7 Å². The van der Waals surface area contributed by atoms with Gasteiger partial charge in [-0.1, -0.05) is 52.3 Å². The SMILES string of the molecule is Cc1cccnc1CC(Br)CCCc1ccccc1. The fourth-order valence-corrected chi connectivity index (χ4v) is 2.85. The highest BCUT2D eigenvalue weighted by Crippen LogP contribution is 2.17. The van der Waals surface area contributed by atoms with Gasteiger partial charge in [0, 0.05) is 23.1 Å². The van der Waals surface area contributed by atoms with Crippen LogP contribution in [0.2, 0.25) is 0 Å². The first kappa shape index (κ1) is 14.3. The molecule has 1 atom stereocenters. The van der Waals surface area contributed by atoms with Gasteiger partial charge in [-0.2, -0.15) is 0 Å². The number of nitrogens with zero attached hydrogens (tertiary/aromatic N) is 1. The molecule has 0 bridgehead atoms. The average Bonchev–Trinajstić information content (AvgIpc) is 2.43. The van der Waals surface area contributed by atoms with Crippen molar-refractivity contribution in [1.82, 2.24) is 4.98 Å². The minimum Gasteiger partial charge on any atom is -0.261 e. The van der Waals surface area contributed by atoms with Crippen LogP contribution in [0.1, 0.15) is 29.7 Å². The van der Waals surface area contributed by atoms with Crippen molar-refractivity contribution in [3.63, 3.8) is 0 Å². The van der Waals surface area contributed by atoms with Gasteiger partial charge in [0.1, 0.15) is 0 Å². The summed E-state index contributed by atoms with van der Waals surface area (Å²) in [4.78, 5) is 4.97. The Hall–Kier alpha value is -1.15. The third-order valence-corrected chi connectivity index (χ3v) is 4.14. The van der Waals surface area contributed by atoms with Crippen LogP contribution in [-0.2, 0) is 12.8 Å². The van der Waals surface area contributed by atoms with Crippen LogP contribution in [0.3, 0.4) is 0 Å². The Balaban J connectivity index is 1.76. The van der Waals surface area contributed by atoms with E-state index in [1.807, 2.05) is 12.3 Å². The molecule has 2 aromatic rings. The summed E-state index contributed by atoms with van der Waals surface area (Å²) in [5.74, 6) is 0. The molecule has 0 fully saturated rings. The molecule has 0 saturated heterocycles. The monoisotopic (exact) mass is 317 g/mol. The second-order valence-electron chi connectivity index (χ2n) is 4.95. The largest absolute Gasteiger partial charge is 0.261 e. The molecule has 100 valence electrons. The van der Waals surface area contributed by atoms with Crippen molar-refractivity contribution in [3.8, 4) is 0 Å². The van der Waals surface area contributed by atoms with Crippen LogP contribution >= 0.6 is 15.9 Å². The number of benzene rings is 1. The minimum absolute atomic E-state index is 0.518. The van der Waals surface area contributed by atoms with Gasteiger partial charge in [0.05, 0.1) is 0 Å². The maximum absolute atomic E-state index is 4.45. The summed E-state index contributed by atoms with van der Waals surface area (Å²) in [7, 11) is 0. The Morgan fingerprint density at radius 2 is 1.89 bits per heavy atom. The zero-order valence-corrected chi connectivity index (χ0v) is 12.9. The molecule has 2 heteroatoms. The van der Waals surface area contributed by atoms with E-state index in [9.17, 15) is 0 Å². The molecule has 1 aromatic heterocycles. The van der Waals surface area contributed by atoms with E-state index in [1.165, 1.54) is 29.7 Å². The predicted octanol–water partition coefficient (Wildman–Crippen LogP) is 4.72. The van der Waals surface area contributed by atoms with Crippen molar-refractivity contribution in [2.75, 3.05) is 0 Å². The number of aromatic nitrogens is 1. The predicted molar refractivity (Wildman–Crippen MR) is 84.8 cm³/mol. The standard InChI is InChI=1S/C17H20BrN/c1-14-7-6-12-19-17(14)13-16(18)11-5-10-15-8-3-2-4-9-15/h2-4,6-9,12,16H,5,10-11,13H2,1H3. The van der Waals surface area contributed by atoms with Gasteiger partial charge >= 0.3 is 0 Å². The molecular formula is C17H20BrN. The summed E-state index contributed by atoms with van der Waals surface area (Å²) < 4.78 is 0. The van der Waals surface area contributed by atoms with Crippen LogP contribution in [0.5, 0.6) is 0 Å². The maximum Gasteiger partial charge on any atom is 0.0443 e. The Labute approximate surface area is 124 Å². The molecule has 0 amide bonds. The Kier molecular flexibility index (Phi) is 5.59. The minimum atomic E-state index is 0.518. The zero-order valence-electron chi connectivity index (χ0n) is 11.3. The van der Waals surface area contributed by atoms with Gasteiger partial charge in [0.15, 0.2) is 0 Å². The van der Waals surface area contributed by atoms with Gasteiger partial charge in [-0.15, -0.1) is 0 Å². The number of pyridine rings is 1. The zero-order chi connectivity index (χ0) is 13.5. The summed E-state index contributed by atoms with van der Waals surface area (Å²) in [6.07, 6.45) is 6.45. The highest BCUT2D eigenvalue weighted by molar-refractivity contribution is 9.09. The normalized spacial score (nSPS) is 12.3. The van der Waals surface area contributed by atoms with Gasteiger partial charge in [0.2, 0.25) is 0 Å². The first-order chi connectivity index (χ1) is 9.25. The molecular weight excluding hydrogens is 298 g/mol. The van der Waals surface area contributed by atoms with Crippen LogP contribution in [0.4, 0.5) is 0 Å². The lowest BCUT2D eigenvalue weighted by molar-refractivity contribution is 0.692. The molecule has 0 aliphatic heterocycles. The lowest BCUT2D eigenvalue weighted by Gasteiger charge is -2.11. The molecule has 1 nitrogen and oxygen atoms in total. The van der Waals surface area contributed by atoms with Crippen LogP contribution in [-0.4, -0.2) is 9.81 Å². The lowest BCUT2D eigenvalue weighted by Crippen LogP contribution is -2.06. The molecule has 0 radical (unpaired) electrons. The van der Waals surface area contributed by atoms with Gasteiger partial charge in [-0.05, 0) is 43.4 Å². The topological polar surface area (TPSA) is 12.9 Å². The van der Waals surface area contributed by atoms with E-state index in [0.717, 1.165) is 12.8 Å². The summed E-state index contributed by atoms with van der Waals surface area (Å²) in [6, 6.07) is 14.8. The molecule has 1 heterocycles. The van der Waals surface area contributed by atoms with Crippen molar-refractivity contribution < 1.29 is 0 Å². The summed E-state index contributed by atoms with van der Waals surface area (Å²) >= 11 is 3.78. The fourth-order valence-electron chi connectivity index (χ4n) is 2.22. The molecule has 19 heavy (non-hydrogen) atoms. The Morgan fingerprint density at radius 3 is 2.63 bits per heavy atom. The number of halogens is 1. The second-order valence-corrected chi connectivity index (χ2v) is 6.24. The molecule has 0 saturated carbocycles. The summed E-state index contributed by atoms with van der Waals surface area (Å²) in [5, 5.41) is 0. The van der Waals surface area contributed by atoms with Crippen molar-refractivity contribution >= 4 is 15.9 Å². The van der Waals surface area contributed by atoms with Crippen molar-refractivity contribution in [1.29, 1.82) is 0 Å². The third kappa shape index (κ3) is 4.79. The first-order valence-electron chi connectivity index (χ1n) is 6.84. The van der Waals surface area contributed by atoms with E-state index in [-0.39, 0.29) is 0 Å². The average molecular weight is 318 g/mol. The quantitative estimate of drug-likeness (QED) is 0.702. The molecule has 0 aliphatic carbocycles. The smallest absolute Gasteiger partial charge is 0.0443 e. The number of alkyl halides is 1. The lowest BCUT2D eigenvalue weighted by atomic mass is 10.0. The maximum atomic E-state index is 4.45. The van der Waals surface area contributed by atoms with Crippen molar-refractivity contribution in [3.05, 3.63) is 65.5 Å². The van der Waals surface area contributed by atoms with Crippen LogP contribution in [0.25, 0.3) is 0 Å². The van der Waals surface area contributed by atoms with E-state index >= 15 is 0 Å². The van der Waals surface area contributed by atoms with E-state index in [2.05, 4.69) is 64.2 Å². The number of aryl methyl sites for hydroxylation is 2. The van der Waals surface area contributed by atoms with E-state index in [4.69, 9.17) is 0 Å². The summed E-state index contributed by atoms with van der Waals surface area (Å²) in [5.41, 5.74) is 3.93. The molecule has 0 aliphatic rings. The number of hydrogen-bond donors (Lipinski definition) is 0. The van der Waals surface area contributed by atoms with Gasteiger partial charge in [-0.3, -0.25) is 4.98 Å². The molecule has 0 spiro atoms. The first-order valence-corrected chi connectivity index (χ1v) is 7.76. The Morgan fingerprint density at radius 1 is 1.11 bits per heavy atom. The van der Waals surface area contributed by atoms with Gasteiger partial charge in [-0.25, -0.2) is 0 Å². The second kappa shape index (κ2) is 7.44.